The number of carbonyl (C=O) groups excluding carboxylic acids is 2. The van der Waals surface area contributed by atoms with Gasteiger partial charge < -0.3 is 19.7 Å². The van der Waals surface area contributed by atoms with E-state index in [-0.39, 0.29) is 24.6 Å². The van der Waals surface area contributed by atoms with Gasteiger partial charge in [-0.3, -0.25) is 13.9 Å². The maximum Gasteiger partial charge on any atom is 0.244 e. The van der Waals surface area contributed by atoms with E-state index in [0.717, 1.165) is 16.1 Å². The van der Waals surface area contributed by atoms with Crippen molar-refractivity contribution in [3.63, 3.8) is 0 Å². The monoisotopic (exact) mass is 647 g/mol. The number of anilines is 1. The first-order chi connectivity index (χ1) is 20.2. The van der Waals surface area contributed by atoms with E-state index in [1.165, 1.54) is 11.0 Å². The van der Waals surface area contributed by atoms with Gasteiger partial charge in [0.2, 0.25) is 21.8 Å². The van der Waals surface area contributed by atoms with Gasteiger partial charge in [0.05, 0.1) is 22.0 Å². The van der Waals surface area contributed by atoms with Crippen LogP contribution in [0.5, 0.6) is 11.5 Å². The Balaban J connectivity index is 1.76. The molecule has 9 nitrogen and oxygen atoms in total. The summed E-state index contributed by atoms with van der Waals surface area (Å²) < 4.78 is 38.3. The molecule has 1 atom stereocenters. The average Bonchev–Trinajstić information content (AvgIpc) is 2.94. The van der Waals surface area contributed by atoms with Gasteiger partial charge >= 0.3 is 0 Å². The van der Waals surface area contributed by atoms with Gasteiger partial charge in [-0.1, -0.05) is 59.6 Å². The molecule has 43 heavy (non-hydrogen) atoms. The van der Waals surface area contributed by atoms with Crippen LogP contribution >= 0.6 is 23.2 Å². The van der Waals surface area contributed by atoms with Crippen LogP contribution in [0.15, 0.2) is 66.7 Å². The summed E-state index contributed by atoms with van der Waals surface area (Å²) in [5.74, 6) is -0.104. The standard InChI is InChI=1S/C31H35Cl2N3O6S/c1-31(2,3)34-30(38)26(17-21-8-6-5-7-9-21)35(19-22-10-12-24(32)25(33)16-22)29(37)20-36(43(4,39)40)23-11-13-27-28(18-23)42-15-14-41-27/h5-13,16,18,26H,14-15,17,19-20H2,1-4H3,(H,34,38). The number of carbonyl (C=O) groups is 2. The Morgan fingerprint density at radius 2 is 1.58 bits per heavy atom. The molecular formula is C31H35Cl2N3O6S. The fraction of sp³-hybridized carbons (Fsp3) is 0.355. The highest BCUT2D eigenvalue weighted by Gasteiger charge is 2.34. The van der Waals surface area contributed by atoms with Crippen molar-refractivity contribution in [3.05, 3.63) is 87.9 Å². The Morgan fingerprint density at radius 1 is 0.907 bits per heavy atom. The van der Waals surface area contributed by atoms with E-state index < -0.39 is 34.1 Å². The molecule has 1 unspecified atom stereocenters. The third-order valence-corrected chi connectivity index (χ3v) is 8.48. The van der Waals surface area contributed by atoms with Gasteiger partial charge in [0.15, 0.2) is 11.5 Å². The van der Waals surface area contributed by atoms with Crippen LogP contribution in [0.3, 0.4) is 0 Å². The minimum absolute atomic E-state index is 0.0243. The van der Waals surface area contributed by atoms with Gasteiger partial charge in [-0.05, 0) is 56.2 Å². The molecule has 0 saturated heterocycles. The molecule has 0 radical (unpaired) electrons. The lowest BCUT2D eigenvalue weighted by Crippen LogP contribution is -2.56. The zero-order valence-corrected chi connectivity index (χ0v) is 26.8. The number of hydrogen-bond acceptors (Lipinski definition) is 6. The molecule has 0 saturated carbocycles. The van der Waals surface area contributed by atoms with E-state index >= 15 is 0 Å². The number of amides is 2. The first kappa shape index (κ1) is 32.4. The van der Waals surface area contributed by atoms with E-state index in [0.29, 0.717) is 40.3 Å². The SMILES string of the molecule is CC(C)(C)NC(=O)C(Cc1ccccc1)N(Cc1ccc(Cl)c(Cl)c1)C(=O)CN(c1ccc2c(c1)OCCO2)S(C)(=O)=O. The third-order valence-electron chi connectivity index (χ3n) is 6.60. The predicted molar refractivity (Wildman–Crippen MR) is 168 cm³/mol. The lowest BCUT2D eigenvalue weighted by atomic mass is 10.0. The van der Waals surface area contributed by atoms with E-state index in [4.69, 9.17) is 32.7 Å². The summed E-state index contributed by atoms with van der Waals surface area (Å²) in [6.45, 7) is 5.66. The molecule has 3 aromatic rings. The molecule has 0 fully saturated rings. The molecule has 1 heterocycles. The first-order valence-corrected chi connectivity index (χ1v) is 16.3. The number of halogens is 2. The Morgan fingerprint density at radius 3 is 2.21 bits per heavy atom. The fourth-order valence-corrected chi connectivity index (χ4v) is 5.80. The summed E-state index contributed by atoms with van der Waals surface area (Å²) in [5, 5.41) is 3.62. The van der Waals surface area contributed by atoms with Crippen LogP contribution in [-0.2, 0) is 32.6 Å². The number of hydrogen-bond donors (Lipinski definition) is 1. The number of fused-ring (bicyclic) bond motifs is 1. The molecule has 1 aliphatic rings. The Kier molecular flexibility index (Phi) is 10.1. The minimum Gasteiger partial charge on any atom is -0.486 e. The van der Waals surface area contributed by atoms with Gasteiger partial charge in [-0.2, -0.15) is 0 Å². The van der Waals surface area contributed by atoms with Crippen LogP contribution in [0, 0.1) is 0 Å². The molecule has 2 amide bonds. The highest BCUT2D eigenvalue weighted by atomic mass is 35.5. The third kappa shape index (κ3) is 8.78. The molecule has 3 aromatic carbocycles. The number of ether oxygens (including phenoxy) is 2. The van der Waals surface area contributed by atoms with Crippen LogP contribution in [0.4, 0.5) is 5.69 Å². The van der Waals surface area contributed by atoms with Crippen molar-refractivity contribution in [1.82, 2.24) is 10.2 Å². The van der Waals surface area contributed by atoms with Gasteiger partial charge in [-0.15, -0.1) is 0 Å². The van der Waals surface area contributed by atoms with Crippen molar-refractivity contribution in [2.45, 2.75) is 45.3 Å². The van der Waals surface area contributed by atoms with Crippen molar-refractivity contribution < 1.29 is 27.5 Å². The molecule has 1 aliphatic heterocycles. The van der Waals surface area contributed by atoms with Crippen LogP contribution in [-0.4, -0.2) is 62.7 Å². The van der Waals surface area contributed by atoms with Crippen molar-refractivity contribution in [1.29, 1.82) is 0 Å². The lowest BCUT2D eigenvalue weighted by molar-refractivity contribution is -0.140. The van der Waals surface area contributed by atoms with E-state index in [1.54, 1.807) is 30.3 Å². The van der Waals surface area contributed by atoms with Crippen LogP contribution in [0.25, 0.3) is 0 Å². The largest absolute Gasteiger partial charge is 0.486 e. The highest BCUT2D eigenvalue weighted by Crippen LogP contribution is 2.35. The molecule has 4 rings (SSSR count). The predicted octanol–water partition coefficient (Wildman–Crippen LogP) is 5.09. The molecule has 0 spiro atoms. The molecule has 1 N–H and O–H groups in total. The molecule has 230 valence electrons. The zero-order valence-electron chi connectivity index (χ0n) is 24.5. The van der Waals surface area contributed by atoms with Gasteiger partial charge in [-0.25, -0.2) is 8.42 Å². The van der Waals surface area contributed by atoms with Gasteiger partial charge in [0.1, 0.15) is 25.8 Å². The molecule has 12 heteroatoms. The summed E-state index contributed by atoms with van der Waals surface area (Å²) >= 11 is 12.4. The molecule has 0 aromatic heterocycles. The lowest BCUT2D eigenvalue weighted by Gasteiger charge is -2.35. The fourth-order valence-electron chi connectivity index (χ4n) is 4.64. The Bertz CT molecular complexity index is 1580. The quantitative estimate of drug-likeness (QED) is 0.329. The van der Waals surface area contributed by atoms with E-state index in [2.05, 4.69) is 5.32 Å². The number of benzene rings is 3. The van der Waals surface area contributed by atoms with Crippen molar-refractivity contribution in [2.75, 3.05) is 30.3 Å². The summed E-state index contributed by atoms with van der Waals surface area (Å²) in [6, 6.07) is 18.0. The molecule has 0 aliphatic carbocycles. The smallest absolute Gasteiger partial charge is 0.244 e. The Labute approximate surface area is 262 Å². The molecular weight excluding hydrogens is 613 g/mol. The second-order valence-corrected chi connectivity index (χ2v) is 14.0. The minimum atomic E-state index is -3.94. The van der Waals surface area contributed by atoms with Crippen LogP contribution in [0.2, 0.25) is 10.0 Å². The Hall–Kier alpha value is -3.47. The summed E-state index contributed by atoms with van der Waals surface area (Å²) in [5.41, 5.74) is 1.09. The van der Waals surface area contributed by atoms with Crippen LogP contribution < -0.4 is 19.1 Å². The topological polar surface area (TPSA) is 105 Å². The van der Waals surface area contributed by atoms with Crippen molar-refractivity contribution in [3.8, 4) is 11.5 Å². The highest BCUT2D eigenvalue weighted by molar-refractivity contribution is 7.92. The van der Waals surface area contributed by atoms with E-state index in [1.807, 2.05) is 51.1 Å². The maximum absolute atomic E-state index is 14.2. The van der Waals surface area contributed by atoms with Crippen LogP contribution in [0.1, 0.15) is 31.9 Å². The summed E-state index contributed by atoms with van der Waals surface area (Å²) in [6.07, 6.45) is 1.22. The first-order valence-electron chi connectivity index (χ1n) is 13.7. The summed E-state index contributed by atoms with van der Waals surface area (Å²) in [7, 11) is -3.94. The summed E-state index contributed by atoms with van der Waals surface area (Å²) in [4.78, 5) is 29.5. The number of nitrogens with one attached hydrogen (secondary N) is 1. The second-order valence-electron chi connectivity index (χ2n) is 11.3. The average molecular weight is 649 g/mol. The number of sulfonamides is 1. The second kappa shape index (κ2) is 13.4. The van der Waals surface area contributed by atoms with Gasteiger partial charge in [0.25, 0.3) is 0 Å². The van der Waals surface area contributed by atoms with Crippen molar-refractivity contribution in [2.24, 2.45) is 0 Å². The van der Waals surface area contributed by atoms with E-state index in [9.17, 15) is 18.0 Å². The zero-order chi connectivity index (χ0) is 31.4. The normalized spacial score (nSPS) is 13.6. The van der Waals surface area contributed by atoms with Gasteiger partial charge in [0, 0.05) is 24.6 Å². The number of rotatable bonds is 10. The molecule has 0 bridgehead atoms. The van der Waals surface area contributed by atoms with Crippen molar-refractivity contribution >= 4 is 50.7 Å². The maximum atomic E-state index is 14.2. The number of nitrogens with zero attached hydrogens (tertiary/aromatic N) is 2.